The molecule has 5 heterocycles. The zero-order valence-electron chi connectivity index (χ0n) is 27.2. The molecule has 2 N–H and O–H groups in total. The predicted octanol–water partition coefficient (Wildman–Crippen LogP) is 8.16. The Morgan fingerprint density at radius 3 is 1.94 bits per heavy atom. The van der Waals surface area contributed by atoms with Crippen LogP contribution in [0, 0.1) is 0 Å². The van der Waals surface area contributed by atoms with Gasteiger partial charge in [-0.05, 0) is 54.1 Å². The lowest BCUT2D eigenvalue weighted by Crippen LogP contribution is -2.48. The van der Waals surface area contributed by atoms with Gasteiger partial charge < -0.3 is 10.6 Å². The van der Waals surface area contributed by atoms with E-state index >= 15 is 0 Å². The van der Waals surface area contributed by atoms with Crippen molar-refractivity contribution in [3.8, 4) is 39.6 Å². The highest BCUT2D eigenvalue weighted by Gasteiger charge is 2.32. The van der Waals surface area contributed by atoms with Crippen LogP contribution in [-0.4, -0.2) is 48.4 Å². The van der Waals surface area contributed by atoms with Crippen LogP contribution in [0.1, 0.15) is 21.8 Å². The Labute approximate surface area is 289 Å². The molecule has 0 spiro atoms. The topological polar surface area (TPSA) is 103 Å². The number of rotatable bonds is 6. The van der Waals surface area contributed by atoms with Crippen LogP contribution in [0.2, 0.25) is 0 Å². The first-order valence-electron chi connectivity index (χ1n) is 16.5. The Morgan fingerprint density at radius 1 is 0.640 bits per heavy atom. The van der Waals surface area contributed by atoms with Crippen LogP contribution < -0.4 is 5.73 Å². The number of hydrogen-bond donors (Lipinski definition) is 1. The minimum Gasteiger partial charge on any atom is -0.383 e. The van der Waals surface area contributed by atoms with E-state index in [4.69, 9.17) is 15.7 Å². The standard InChI is InChI=1S/C42H33N7O/c43-39-35(16-11-25-44-39)40-47-38-24-23-37(31-14-9-6-10-15-31)46-41(38)49(40)34-20-17-29(18-21-34)33-27-48(28-33)42(50)32-19-22-36(45-26-32)30-12-7-4-2-1-3-5-8-13-30/h1-26,33H,27-28H2,(H2,43,44). The molecule has 0 aliphatic carbocycles. The lowest BCUT2D eigenvalue weighted by atomic mass is 9.90. The van der Waals surface area contributed by atoms with E-state index in [0.29, 0.717) is 30.3 Å². The molecule has 8 heteroatoms. The van der Waals surface area contributed by atoms with Crippen LogP contribution in [0.5, 0.6) is 0 Å². The number of nitrogens with two attached hydrogens (primary N) is 1. The molecule has 1 aliphatic heterocycles. The number of carbonyl (C=O) groups excluding carboxylic acids is 1. The minimum atomic E-state index is -0.00996. The van der Waals surface area contributed by atoms with E-state index in [-0.39, 0.29) is 11.8 Å². The molecule has 0 atom stereocenters. The third kappa shape index (κ3) is 6.06. The number of benzene rings is 2. The van der Waals surface area contributed by atoms with Gasteiger partial charge in [-0.2, -0.15) is 0 Å². The number of anilines is 1. The molecular weight excluding hydrogens is 619 g/mol. The second-order valence-corrected chi connectivity index (χ2v) is 12.2. The summed E-state index contributed by atoms with van der Waals surface area (Å²) < 4.78 is 2.04. The summed E-state index contributed by atoms with van der Waals surface area (Å²) in [6.45, 7) is 1.29. The first kappa shape index (κ1) is 30.7. The van der Waals surface area contributed by atoms with E-state index < -0.39 is 0 Å². The monoisotopic (exact) mass is 651 g/mol. The van der Waals surface area contributed by atoms with Crippen LogP contribution in [0.15, 0.2) is 158 Å². The molecule has 0 bridgehead atoms. The Bertz CT molecular complexity index is 2340. The molecular formula is C42H33N7O. The summed E-state index contributed by atoms with van der Waals surface area (Å²) in [5.74, 6) is 1.31. The summed E-state index contributed by atoms with van der Waals surface area (Å²) in [6, 6.07) is 47.9. The average molecular weight is 652 g/mol. The van der Waals surface area contributed by atoms with E-state index in [2.05, 4.69) is 34.2 Å². The first-order valence-corrected chi connectivity index (χ1v) is 16.5. The van der Waals surface area contributed by atoms with Crippen molar-refractivity contribution in [1.82, 2.24) is 29.4 Å². The lowest BCUT2D eigenvalue weighted by Gasteiger charge is -2.39. The second kappa shape index (κ2) is 13.4. The number of amides is 1. The molecule has 1 saturated heterocycles. The van der Waals surface area contributed by atoms with Gasteiger partial charge in [-0.25, -0.2) is 15.0 Å². The highest BCUT2D eigenvalue weighted by atomic mass is 16.2. The Kier molecular flexibility index (Phi) is 8.24. The second-order valence-electron chi connectivity index (χ2n) is 12.2. The summed E-state index contributed by atoms with van der Waals surface area (Å²) in [6.07, 6.45) is 3.35. The van der Waals surface area contributed by atoms with Crippen molar-refractivity contribution < 1.29 is 4.79 Å². The van der Waals surface area contributed by atoms with Crippen molar-refractivity contribution in [3.63, 3.8) is 0 Å². The van der Waals surface area contributed by atoms with Gasteiger partial charge in [0.1, 0.15) is 11.3 Å². The molecule has 3 aromatic carbocycles. The normalized spacial score (nSPS) is 12.7. The fourth-order valence-electron chi connectivity index (χ4n) is 6.25. The molecule has 1 amide bonds. The van der Waals surface area contributed by atoms with Crippen LogP contribution in [0.4, 0.5) is 5.82 Å². The summed E-state index contributed by atoms with van der Waals surface area (Å²) >= 11 is 0. The van der Waals surface area contributed by atoms with E-state index in [0.717, 1.165) is 44.9 Å². The predicted molar refractivity (Wildman–Crippen MR) is 198 cm³/mol. The molecule has 7 aromatic rings. The number of carbonyl (C=O) groups is 1. The van der Waals surface area contributed by atoms with Crippen molar-refractivity contribution in [2.75, 3.05) is 18.8 Å². The Hall–Kier alpha value is -6.67. The zero-order chi connectivity index (χ0) is 33.9. The number of imidazole rings is 1. The first-order chi connectivity index (χ1) is 24.6. The van der Waals surface area contributed by atoms with Crippen LogP contribution >= 0.6 is 0 Å². The minimum absolute atomic E-state index is 0.00996. The van der Waals surface area contributed by atoms with Gasteiger partial charge >= 0.3 is 0 Å². The number of nitrogens with zero attached hydrogens (tertiary/aromatic N) is 6. The number of aromatic nitrogens is 5. The molecule has 0 saturated carbocycles. The molecule has 8 nitrogen and oxygen atoms in total. The smallest absolute Gasteiger partial charge is 0.255 e. The van der Waals surface area contributed by atoms with Gasteiger partial charge in [0.2, 0.25) is 0 Å². The third-order valence-electron chi connectivity index (χ3n) is 8.97. The van der Waals surface area contributed by atoms with Gasteiger partial charge in [0.15, 0.2) is 11.5 Å². The molecule has 0 radical (unpaired) electrons. The van der Waals surface area contributed by atoms with Gasteiger partial charge in [0.05, 0.1) is 22.5 Å². The molecule has 0 unspecified atom stereocenters. The van der Waals surface area contributed by atoms with Gasteiger partial charge in [-0.1, -0.05) is 97.1 Å². The third-order valence-corrected chi connectivity index (χ3v) is 8.97. The summed E-state index contributed by atoms with van der Waals surface area (Å²) in [5.41, 5.74) is 14.9. The maximum Gasteiger partial charge on any atom is 0.255 e. The lowest BCUT2D eigenvalue weighted by molar-refractivity contribution is 0.0602. The van der Waals surface area contributed by atoms with Crippen molar-refractivity contribution in [2.45, 2.75) is 5.92 Å². The van der Waals surface area contributed by atoms with Gasteiger partial charge in [-0.3, -0.25) is 14.3 Å². The van der Waals surface area contributed by atoms with Crippen LogP contribution in [-0.2, 0) is 0 Å². The molecule has 1 aliphatic rings. The van der Waals surface area contributed by atoms with E-state index in [1.165, 1.54) is 5.56 Å². The van der Waals surface area contributed by atoms with Crippen LogP contribution in [0.25, 0.3) is 50.8 Å². The number of pyridine rings is 3. The van der Waals surface area contributed by atoms with Gasteiger partial charge in [0, 0.05) is 48.2 Å². The maximum atomic E-state index is 13.3. The molecule has 8 rings (SSSR count). The van der Waals surface area contributed by atoms with E-state index in [9.17, 15) is 4.79 Å². The van der Waals surface area contributed by atoms with Crippen molar-refractivity contribution in [3.05, 3.63) is 169 Å². The van der Waals surface area contributed by atoms with E-state index in [1.807, 2.05) is 131 Å². The molecule has 1 fully saturated rings. The summed E-state index contributed by atoms with van der Waals surface area (Å²) in [4.78, 5) is 34.2. The highest BCUT2D eigenvalue weighted by Crippen LogP contribution is 2.34. The summed E-state index contributed by atoms with van der Waals surface area (Å²) in [5, 5.41) is 0. The molecule has 242 valence electrons. The molecule has 50 heavy (non-hydrogen) atoms. The Balaban J connectivity index is 1.03. The fraction of sp³-hybridized carbons (Fsp3) is 0.0714. The number of hydrogen-bond acceptors (Lipinski definition) is 6. The van der Waals surface area contributed by atoms with Gasteiger partial charge in [-0.15, -0.1) is 0 Å². The van der Waals surface area contributed by atoms with Crippen molar-refractivity contribution in [1.29, 1.82) is 0 Å². The van der Waals surface area contributed by atoms with Crippen molar-refractivity contribution >= 4 is 22.9 Å². The van der Waals surface area contributed by atoms with E-state index in [1.54, 1.807) is 12.4 Å². The largest absolute Gasteiger partial charge is 0.383 e. The fourth-order valence-corrected chi connectivity index (χ4v) is 6.25. The Morgan fingerprint density at radius 2 is 1.28 bits per heavy atom. The SMILES string of the molecule is Nc1ncccc1-c1nc2ccc(-c3ccccc3)nc2n1-c1ccc(C2CN(C(=O)c3ccc(-c4ccccccccc4)nc3)C2)cc1. The maximum absolute atomic E-state index is 13.3. The quantitative estimate of drug-likeness (QED) is 0.195. The van der Waals surface area contributed by atoms with Gasteiger partial charge in [0.25, 0.3) is 5.91 Å². The number of nitrogen functional groups attached to an aromatic ring is 1. The average Bonchev–Trinajstić information content (AvgIpc) is 3.52. The zero-order valence-corrected chi connectivity index (χ0v) is 27.2. The highest BCUT2D eigenvalue weighted by molar-refractivity contribution is 5.95. The molecule has 4 aromatic heterocycles. The van der Waals surface area contributed by atoms with Crippen LogP contribution in [0.3, 0.4) is 0 Å². The number of likely N-dealkylation sites (tertiary alicyclic amines) is 1. The number of fused-ring (bicyclic) bond motifs is 1. The van der Waals surface area contributed by atoms with Crippen molar-refractivity contribution in [2.24, 2.45) is 0 Å². The summed E-state index contributed by atoms with van der Waals surface area (Å²) in [7, 11) is 0.